The number of benzene rings is 1. The lowest BCUT2D eigenvalue weighted by Gasteiger charge is -2.19. The van der Waals surface area contributed by atoms with Crippen LogP contribution in [-0.2, 0) is 4.79 Å². The number of rotatable bonds is 6. The van der Waals surface area contributed by atoms with Gasteiger partial charge in [0, 0.05) is 30.1 Å². The summed E-state index contributed by atoms with van der Waals surface area (Å²) in [5, 5.41) is 5.61. The molecule has 8 heteroatoms. The standard InChI is InChI=1S/C15H17ClFN3O3/c1-15(6-7-17)13(22)20(14(23)19-15)9-8-18-12(21)10-2-4-11(16)5-3-10/h2-5H,6-9H2,1H3,(H,18,21)(H,19,23). The zero-order valence-corrected chi connectivity index (χ0v) is 13.3. The Balaban J connectivity index is 1.89. The van der Waals surface area contributed by atoms with Crippen molar-refractivity contribution in [3.63, 3.8) is 0 Å². The summed E-state index contributed by atoms with van der Waals surface area (Å²) in [6, 6.07) is 5.76. The number of urea groups is 1. The Morgan fingerprint density at radius 2 is 2.00 bits per heavy atom. The van der Waals surface area contributed by atoms with Crippen molar-refractivity contribution in [2.45, 2.75) is 18.9 Å². The second-order valence-electron chi connectivity index (χ2n) is 5.42. The summed E-state index contributed by atoms with van der Waals surface area (Å²) in [6.45, 7) is 0.904. The van der Waals surface area contributed by atoms with Crippen molar-refractivity contribution in [1.29, 1.82) is 0 Å². The molecule has 23 heavy (non-hydrogen) atoms. The number of hydrogen-bond acceptors (Lipinski definition) is 3. The van der Waals surface area contributed by atoms with Gasteiger partial charge in [-0.2, -0.15) is 0 Å². The van der Waals surface area contributed by atoms with Crippen LogP contribution in [0.2, 0.25) is 5.02 Å². The van der Waals surface area contributed by atoms with Gasteiger partial charge >= 0.3 is 6.03 Å². The summed E-state index contributed by atoms with van der Waals surface area (Å²) in [6.07, 6.45) is -0.0782. The first-order valence-electron chi connectivity index (χ1n) is 7.11. The number of nitrogens with one attached hydrogen (secondary N) is 2. The lowest BCUT2D eigenvalue weighted by atomic mass is 9.99. The molecule has 6 nitrogen and oxygen atoms in total. The van der Waals surface area contributed by atoms with Gasteiger partial charge in [0.25, 0.3) is 11.8 Å². The fraction of sp³-hybridized carbons (Fsp3) is 0.400. The second-order valence-corrected chi connectivity index (χ2v) is 5.86. The maximum Gasteiger partial charge on any atom is 0.325 e. The fourth-order valence-electron chi connectivity index (χ4n) is 2.29. The molecule has 0 radical (unpaired) electrons. The average molecular weight is 342 g/mol. The van der Waals surface area contributed by atoms with Crippen molar-refractivity contribution < 1.29 is 18.8 Å². The van der Waals surface area contributed by atoms with E-state index in [0.717, 1.165) is 4.90 Å². The van der Waals surface area contributed by atoms with Gasteiger partial charge in [0.05, 0.1) is 6.67 Å². The molecule has 2 rings (SSSR count). The molecule has 1 saturated heterocycles. The van der Waals surface area contributed by atoms with Gasteiger partial charge < -0.3 is 10.6 Å². The number of carbonyl (C=O) groups excluding carboxylic acids is 3. The minimum absolute atomic E-state index is 0.0197. The van der Waals surface area contributed by atoms with Crippen LogP contribution in [0.5, 0.6) is 0 Å². The largest absolute Gasteiger partial charge is 0.350 e. The van der Waals surface area contributed by atoms with Crippen LogP contribution in [0.1, 0.15) is 23.7 Å². The fourth-order valence-corrected chi connectivity index (χ4v) is 2.42. The lowest BCUT2D eigenvalue weighted by Crippen LogP contribution is -2.45. The van der Waals surface area contributed by atoms with Crippen molar-refractivity contribution in [3.05, 3.63) is 34.9 Å². The molecule has 1 unspecified atom stereocenters. The maximum absolute atomic E-state index is 12.5. The minimum atomic E-state index is -1.22. The van der Waals surface area contributed by atoms with E-state index >= 15 is 0 Å². The van der Waals surface area contributed by atoms with E-state index in [0.29, 0.717) is 10.6 Å². The molecule has 0 bridgehead atoms. The van der Waals surface area contributed by atoms with Crippen LogP contribution in [0.25, 0.3) is 0 Å². The monoisotopic (exact) mass is 341 g/mol. The number of amides is 4. The van der Waals surface area contributed by atoms with E-state index in [9.17, 15) is 18.8 Å². The third kappa shape index (κ3) is 3.79. The second kappa shape index (κ2) is 6.95. The molecule has 0 saturated carbocycles. The van der Waals surface area contributed by atoms with Crippen molar-refractivity contribution in [2.24, 2.45) is 0 Å². The van der Waals surface area contributed by atoms with Crippen LogP contribution in [0.4, 0.5) is 9.18 Å². The third-order valence-corrected chi connectivity index (χ3v) is 3.92. The molecule has 124 valence electrons. The molecule has 2 N–H and O–H groups in total. The number of nitrogens with zero attached hydrogens (tertiary/aromatic N) is 1. The van der Waals surface area contributed by atoms with Crippen molar-refractivity contribution >= 4 is 29.4 Å². The predicted molar refractivity (Wildman–Crippen MR) is 83.0 cm³/mol. The van der Waals surface area contributed by atoms with Crippen LogP contribution >= 0.6 is 11.6 Å². The smallest absolute Gasteiger partial charge is 0.325 e. The summed E-state index contributed by atoms with van der Waals surface area (Å²) in [7, 11) is 0. The summed E-state index contributed by atoms with van der Waals surface area (Å²) in [5.41, 5.74) is -0.791. The molecule has 1 aromatic rings. The number of alkyl halides is 1. The third-order valence-electron chi connectivity index (χ3n) is 3.67. The quantitative estimate of drug-likeness (QED) is 0.774. The highest BCUT2D eigenvalue weighted by atomic mass is 35.5. The molecule has 1 aliphatic heterocycles. The van der Waals surface area contributed by atoms with Crippen LogP contribution in [0.15, 0.2) is 24.3 Å². The van der Waals surface area contributed by atoms with Gasteiger partial charge in [-0.05, 0) is 31.2 Å². The summed E-state index contributed by atoms with van der Waals surface area (Å²) < 4.78 is 12.5. The zero-order chi connectivity index (χ0) is 17.0. The average Bonchev–Trinajstić information content (AvgIpc) is 2.71. The number of hydrogen-bond donors (Lipinski definition) is 2. The Kier molecular flexibility index (Phi) is 5.20. The maximum atomic E-state index is 12.5. The molecule has 1 heterocycles. The molecule has 1 fully saturated rings. The van der Waals surface area contributed by atoms with E-state index in [1.54, 1.807) is 24.3 Å². The Bertz CT molecular complexity index is 623. The molecule has 0 aliphatic carbocycles. The van der Waals surface area contributed by atoms with Gasteiger partial charge in [-0.3, -0.25) is 18.9 Å². The topological polar surface area (TPSA) is 78.5 Å². The molecule has 1 aromatic carbocycles. The summed E-state index contributed by atoms with van der Waals surface area (Å²) in [5.74, 6) is -0.818. The van der Waals surface area contributed by atoms with Gasteiger partial charge in [0.15, 0.2) is 0 Å². The van der Waals surface area contributed by atoms with Gasteiger partial charge in [-0.25, -0.2) is 4.79 Å². The molecule has 1 aliphatic rings. The van der Waals surface area contributed by atoms with E-state index in [1.807, 2.05) is 0 Å². The highest BCUT2D eigenvalue weighted by Crippen LogP contribution is 2.20. The first-order chi connectivity index (χ1) is 10.9. The van der Waals surface area contributed by atoms with Crippen molar-refractivity contribution in [2.75, 3.05) is 19.8 Å². The van der Waals surface area contributed by atoms with Gasteiger partial charge in [-0.15, -0.1) is 0 Å². The summed E-state index contributed by atoms with van der Waals surface area (Å²) in [4.78, 5) is 36.9. The SMILES string of the molecule is CC1(CCF)NC(=O)N(CCNC(=O)c2ccc(Cl)cc2)C1=O. The molecular formula is C15H17ClFN3O3. The van der Waals surface area contributed by atoms with Gasteiger partial charge in [-0.1, -0.05) is 11.6 Å². The molecule has 0 aromatic heterocycles. The lowest BCUT2D eigenvalue weighted by molar-refractivity contribution is -0.131. The summed E-state index contributed by atoms with van der Waals surface area (Å²) >= 11 is 5.74. The number of halogens is 2. The zero-order valence-electron chi connectivity index (χ0n) is 12.6. The Labute approximate surface area is 138 Å². The van der Waals surface area contributed by atoms with Gasteiger partial charge in [0.1, 0.15) is 5.54 Å². The Morgan fingerprint density at radius 1 is 1.35 bits per heavy atom. The normalized spacial score (nSPS) is 20.6. The highest BCUT2D eigenvalue weighted by Gasteiger charge is 2.47. The molecule has 0 spiro atoms. The first-order valence-corrected chi connectivity index (χ1v) is 7.49. The van der Waals surface area contributed by atoms with Crippen LogP contribution in [-0.4, -0.2) is 48.0 Å². The van der Waals surface area contributed by atoms with Crippen LogP contribution < -0.4 is 10.6 Å². The minimum Gasteiger partial charge on any atom is -0.350 e. The first kappa shape index (κ1) is 17.2. The van der Waals surface area contributed by atoms with E-state index in [-0.39, 0.29) is 25.4 Å². The van der Waals surface area contributed by atoms with E-state index < -0.39 is 24.2 Å². The molecule has 1 atom stereocenters. The van der Waals surface area contributed by atoms with Crippen molar-refractivity contribution in [1.82, 2.24) is 15.5 Å². The number of imide groups is 1. The number of carbonyl (C=O) groups is 3. The van der Waals surface area contributed by atoms with Crippen LogP contribution in [0.3, 0.4) is 0 Å². The Morgan fingerprint density at radius 3 is 2.61 bits per heavy atom. The van der Waals surface area contributed by atoms with Crippen molar-refractivity contribution in [3.8, 4) is 0 Å². The Hall–Kier alpha value is -2.15. The van der Waals surface area contributed by atoms with E-state index in [2.05, 4.69) is 10.6 Å². The molecule has 4 amide bonds. The van der Waals surface area contributed by atoms with E-state index in [4.69, 9.17) is 11.6 Å². The van der Waals surface area contributed by atoms with E-state index in [1.165, 1.54) is 6.92 Å². The van der Waals surface area contributed by atoms with Gasteiger partial charge in [0.2, 0.25) is 0 Å². The van der Waals surface area contributed by atoms with Crippen LogP contribution in [0, 0.1) is 0 Å². The highest BCUT2D eigenvalue weighted by molar-refractivity contribution is 6.30. The predicted octanol–water partition coefficient (Wildman–Crippen LogP) is 1.74. The molecular weight excluding hydrogens is 325 g/mol.